The molecule has 0 aliphatic rings. The number of aryl methyl sites for hydroxylation is 2. The molecule has 0 fully saturated rings. The largest absolute Gasteiger partial charge is 0.382 e. The Labute approximate surface area is 136 Å². The lowest BCUT2D eigenvalue weighted by atomic mass is 10.0. The van der Waals surface area contributed by atoms with Crippen molar-refractivity contribution >= 4 is 16.6 Å². The summed E-state index contributed by atoms with van der Waals surface area (Å²) in [5.41, 5.74) is 4.65. The van der Waals surface area contributed by atoms with E-state index < -0.39 is 0 Å². The summed E-state index contributed by atoms with van der Waals surface area (Å²) in [4.78, 5) is 4.73. The van der Waals surface area contributed by atoms with Crippen molar-refractivity contribution in [2.45, 2.75) is 40.2 Å². The van der Waals surface area contributed by atoms with Gasteiger partial charge in [0, 0.05) is 36.3 Å². The average molecular weight is 309 g/mol. The standard InChI is InChI=1S/C18H23N5/c1-4-14-13(3)21-16-9-7-6-8-15(16)18(14)19-10-11-23-12-20-22-17(23)5-2/h6-9,12H,4-5,10-11H2,1-3H3,(H,19,21). The third-order valence-electron chi connectivity index (χ3n) is 4.22. The molecule has 0 saturated carbocycles. The highest BCUT2D eigenvalue weighted by atomic mass is 15.3. The molecular formula is C18H23N5. The van der Waals surface area contributed by atoms with Gasteiger partial charge in [0.2, 0.25) is 0 Å². The van der Waals surface area contributed by atoms with E-state index in [9.17, 15) is 0 Å². The zero-order valence-corrected chi connectivity index (χ0v) is 14.0. The smallest absolute Gasteiger partial charge is 0.132 e. The summed E-state index contributed by atoms with van der Waals surface area (Å²) in [7, 11) is 0. The van der Waals surface area contributed by atoms with Gasteiger partial charge in [-0.15, -0.1) is 10.2 Å². The van der Waals surface area contributed by atoms with Gasteiger partial charge in [0.15, 0.2) is 0 Å². The minimum Gasteiger partial charge on any atom is -0.382 e. The average Bonchev–Trinajstić information content (AvgIpc) is 3.02. The van der Waals surface area contributed by atoms with Crippen LogP contribution in [0.25, 0.3) is 10.9 Å². The lowest BCUT2D eigenvalue weighted by molar-refractivity contribution is 0.680. The molecule has 0 amide bonds. The maximum atomic E-state index is 4.73. The van der Waals surface area contributed by atoms with E-state index in [2.05, 4.69) is 59.1 Å². The van der Waals surface area contributed by atoms with E-state index in [0.29, 0.717) is 0 Å². The lowest BCUT2D eigenvalue weighted by Crippen LogP contribution is -2.14. The fourth-order valence-electron chi connectivity index (χ4n) is 3.05. The normalized spacial score (nSPS) is 11.1. The van der Waals surface area contributed by atoms with Crippen molar-refractivity contribution in [2.24, 2.45) is 0 Å². The molecule has 0 aliphatic heterocycles. The monoisotopic (exact) mass is 309 g/mol. The third-order valence-corrected chi connectivity index (χ3v) is 4.22. The highest BCUT2D eigenvalue weighted by molar-refractivity contribution is 5.93. The number of aromatic nitrogens is 4. The zero-order chi connectivity index (χ0) is 16.2. The molecule has 0 atom stereocenters. The van der Waals surface area contributed by atoms with Crippen LogP contribution in [0.5, 0.6) is 0 Å². The molecule has 0 radical (unpaired) electrons. The van der Waals surface area contributed by atoms with Crippen LogP contribution in [0.4, 0.5) is 5.69 Å². The SMILES string of the molecule is CCc1c(C)nc2ccccc2c1NCCn1cnnc1CC. The van der Waals surface area contributed by atoms with Gasteiger partial charge in [0.25, 0.3) is 0 Å². The molecule has 120 valence electrons. The number of benzene rings is 1. The molecule has 0 bridgehead atoms. The van der Waals surface area contributed by atoms with Crippen molar-refractivity contribution in [3.05, 3.63) is 47.7 Å². The summed E-state index contributed by atoms with van der Waals surface area (Å²) in [5, 5.41) is 12.9. The zero-order valence-electron chi connectivity index (χ0n) is 14.0. The maximum Gasteiger partial charge on any atom is 0.132 e. The van der Waals surface area contributed by atoms with Crippen molar-refractivity contribution in [1.82, 2.24) is 19.7 Å². The maximum absolute atomic E-state index is 4.73. The van der Waals surface area contributed by atoms with Crippen LogP contribution in [0.3, 0.4) is 0 Å². The van der Waals surface area contributed by atoms with Crippen molar-refractivity contribution < 1.29 is 0 Å². The molecule has 3 aromatic rings. The molecule has 5 nitrogen and oxygen atoms in total. The summed E-state index contributed by atoms with van der Waals surface area (Å²) in [6, 6.07) is 8.31. The van der Waals surface area contributed by atoms with E-state index in [0.717, 1.165) is 43.0 Å². The molecule has 0 spiro atoms. The van der Waals surface area contributed by atoms with Crippen LogP contribution in [0.1, 0.15) is 30.9 Å². The first-order valence-electron chi connectivity index (χ1n) is 8.23. The number of anilines is 1. The van der Waals surface area contributed by atoms with E-state index in [1.54, 1.807) is 6.33 Å². The fraction of sp³-hybridized carbons (Fsp3) is 0.389. The van der Waals surface area contributed by atoms with Crippen LogP contribution in [0.2, 0.25) is 0 Å². The molecular weight excluding hydrogens is 286 g/mol. The van der Waals surface area contributed by atoms with Gasteiger partial charge >= 0.3 is 0 Å². The van der Waals surface area contributed by atoms with Gasteiger partial charge in [-0.1, -0.05) is 32.0 Å². The first kappa shape index (κ1) is 15.5. The van der Waals surface area contributed by atoms with Crippen LogP contribution in [0, 0.1) is 6.92 Å². The summed E-state index contributed by atoms with van der Waals surface area (Å²) in [6.07, 6.45) is 3.67. The summed E-state index contributed by atoms with van der Waals surface area (Å²) < 4.78 is 2.11. The van der Waals surface area contributed by atoms with Gasteiger partial charge in [-0.05, 0) is 25.0 Å². The molecule has 1 aromatic carbocycles. The number of nitrogens with zero attached hydrogens (tertiary/aromatic N) is 4. The Morgan fingerprint density at radius 2 is 1.96 bits per heavy atom. The van der Waals surface area contributed by atoms with Gasteiger partial charge in [-0.25, -0.2) is 0 Å². The Kier molecular flexibility index (Phi) is 4.55. The van der Waals surface area contributed by atoms with Crippen LogP contribution in [0.15, 0.2) is 30.6 Å². The summed E-state index contributed by atoms with van der Waals surface area (Å²) >= 11 is 0. The van der Waals surface area contributed by atoms with E-state index in [-0.39, 0.29) is 0 Å². The first-order chi connectivity index (χ1) is 11.2. The van der Waals surface area contributed by atoms with Crippen LogP contribution in [-0.4, -0.2) is 26.3 Å². The van der Waals surface area contributed by atoms with Crippen LogP contribution in [-0.2, 0) is 19.4 Å². The third kappa shape index (κ3) is 3.04. The van der Waals surface area contributed by atoms with E-state index in [1.807, 2.05) is 6.07 Å². The number of para-hydroxylation sites is 1. The van der Waals surface area contributed by atoms with Gasteiger partial charge in [0.05, 0.1) is 5.52 Å². The number of fused-ring (bicyclic) bond motifs is 1. The Morgan fingerprint density at radius 1 is 1.13 bits per heavy atom. The summed E-state index contributed by atoms with van der Waals surface area (Å²) in [6.45, 7) is 8.06. The Hall–Kier alpha value is -2.43. The Bertz CT molecular complexity index is 806. The lowest BCUT2D eigenvalue weighted by Gasteiger charge is -2.16. The summed E-state index contributed by atoms with van der Waals surface area (Å²) in [5.74, 6) is 1.03. The van der Waals surface area contributed by atoms with Crippen molar-refractivity contribution in [1.29, 1.82) is 0 Å². The van der Waals surface area contributed by atoms with Gasteiger partial charge in [0.1, 0.15) is 12.2 Å². The minimum atomic E-state index is 0.839. The second-order valence-corrected chi connectivity index (χ2v) is 5.64. The van der Waals surface area contributed by atoms with E-state index >= 15 is 0 Å². The molecule has 1 N–H and O–H groups in total. The first-order valence-corrected chi connectivity index (χ1v) is 8.23. The highest BCUT2D eigenvalue weighted by Gasteiger charge is 2.11. The predicted molar refractivity (Wildman–Crippen MR) is 93.7 cm³/mol. The van der Waals surface area contributed by atoms with Crippen molar-refractivity contribution in [2.75, 3.05) is 11.9 Å². The highest BCUT2D eigenvalue weighted by Crippen LogP contribution is 2.28. The molecule has 0 unspecified atom stereocenters. The number of nitrogens with one attached hydrogen (secondary N) is 1. The van der Waals surface area contributed by atoms with Crippen molar-refractivity contribution in [3.8, 4) is 0 Å². The second-order valence-electron chi connectivity index (χ2n) is 5.64. The molecule has 5 heteroatoms. The number of hydrogen-bond acceptors (Lipinski definition) is 4. The minimum absolute atomic E-state index is 0.839. The van der Waals surface area contributed by atoms with E-state index in [4.69, 9.17) is 4.98 Å². The van der Waals surface area contributed by atoms with E-state index in [1.165, 1.54) is 16.6 Å². The molecule has 0 saturated heterocycles. The Balaban J connectivity index is 1.87. The van der Waals surface area contributed by atoms with Gasteiger partial charge < -0.3 is 9.88 Å². The second kappa shape index (κ2) is 6.77. The van der Waals surface area contributed by atoms with Crippen LogP contribution < -0.4 is 5.32 Å². The molecule has 0 aliphatic carbocycles. The fourth-order valence-corrected chi connectivity index (χ4v) is 3.05. The number of pyridine rings is 1. The quantitative estimate of drug-likeness (QED) is 0.758. The Morgan fingerprint density at radius 3 is 2.74 bits per heavy atom. The predicted octanol–water partition coefficient (Wildman–Crippen LogP) is 3.37. The number of hydrogen-bond donors (Lipinski definition) is 1. The number of rotatable bonds is 6. The van der Waals surface area contributed by atoms with Gasteiger partial charge in [-0.2, -0.15) is 0 Å². The molecule has 23 heavy (non-hydrogen) atoms. The molecule has 2 heterocycles. The van der Waals surface area contributed by atoms with Crippen LogP contribution >= 0.6 is 0 Å². The molecule has 3 rings (SSSR count). The molecule has 2 aromatic heterocycles. The van der Waals surface area contributed by atoms with Gasteiger partial charge in [-0.3, -0.25) is 4.98 Å². The van der Waals surface area contributed by atoms with Crippen molar-refractivity contribution in [3.63, 3.8) is 0 Å². The topological polar surface area (TPSA) is 55.6 Å².